The van der Waals surface area contributed by atoms with Crippen molar-refractivity contribution >= 4 is 59.7 Å². The number of halogens is 1. The third-order valence-electron chi connectivity index (χ3n) is 7.66. The van der Waals surface area contributed by atoms with E-state index in [1.807, 2.05) is 27.7 Å². The molecule has 0 unspecified atom stereocenters. The van der Waals surface area contributed by atoms with Gasteiger partial charge in [0.05, 0.1) is 27.5 Å². The Morgan fingerprint density at radius 1 is 0.702 bits per heavy atom. The summed E-state index contributed by atoms with van der Waals surface area (Å²) in [7, 11) is -6.24. The Morgan fingerprint density at radius 2 is 1.13 bits per heavy atom. The number of hydrogen-bond acceptors (Lipinski definition) is 8. The third kappa shape index (κ3) is 6.28. The van der Waals surface area contributed by atoms with Crippen molar-refractivity contribution in [2.45, 2.75) is 50.3 Å². The standard InChI is InChI=1S/C18H18N2O4S.C16H15ClN2O2S/c1-4-13-11-16-15(18(21)24-3)9-10-19-17(16)20(13)25(22,23)14-7-5-12(2)6-8-14;1-3-12-10-14-15(17)8-9-18-16(14)19(12)22(20,21)13-6-4-11(2)5-7-13/h5-11H,4H2,1-3H3;4-10H,3H2,1-2H3. The molecule has 2 aromatic carbocycles. The topological polar surface area (TPSA) is 130 Å². The average Bonchev–Trinajstić information content (AvgIpc) is 3.65. The van der Waals surface area contributed by atoms with Crippen molar-refractivity contribution in [3.63, 3.8) is 0 Å². The molecule has 0 N–H and O–H groups in total. The molecule has 0 amide bonds. The van der Waals surface area contributed by atoms with Gasteiger partial charge in [-0.05, 0) is 75.2 Å². The van der Waals surface area contributed by atoms with Crippen LogP contribution in [0, 0.1) is 13.8 Å². The van der Waals surface area contributed by atoms with Gasteiger partial charge >= 0.3 is 5.97 Å². The number of nitrogens with zero attached hydrogens (tertiary/aromatic N) is 4. The van der Waals surface area contributed by atoms with Gasteiger partial charge in [0.15, 0.2) is 11.3 Å². The number of rotatable bonds is 7. The number of fused-ring (bicyclic) bond motifs is 2. The zero-order chi connectivity index (χ0) is 34.1. The minimum absolute atomic E-state index is 0.176. The van der Waals surface area contributed by atoms with Crippen molar-refractivity contribution in [1.29, 1.82) is 0 Å². The molecule has 0 bridgehead atoms. The van der Waals surface area contributed by atoms with Gasteiger partial charge in [0.1, 0.15) is 0 Å². The van der Waals surface area contributed by atoms with Gasteiger partial charge in [0.25, 0.3) is 20.0 Å². The Kier molecular flexibility index (Phi) is 9.58. The van der Waals surface area contributed by atoms with Gasteiger partial charge in [-0.3, -0.25) is 0 Å². The molecule has 0 aliphatic heterocycles. The Hall–Kier alpha value is -4.52. The lowest BCUT2D eigenvalue weighted by Gasteiger charge is -2.11. The van der Waals surface area contributed by atoms with Gasteiger partial charge < -0.3 is 4.74 Å². The smallest absolute Gasteiger partial charge is 0.338 e. The van der Waals surface area contributed by atoms with Crippen LogP contribution in [0.2, 0.25) is 5.02 Å². The summed E-state index contributed by atoms with van der Waals surface area (Å²) in [5, 5.41) is 1.61. The molecule has 47 heavy (non-hydrogen) atoms. The highest BCUT2D eigenvalue weighted by Crippen LogP contribution is 2.30. The second-order valence-electron chi connectivity index (χ2n) is 10.8. The van der Waals surface area contributed by atoms with Gasteiger partial charge in [-0.15, -0.1) is 0 Å². The van der Waals surface area contributed by atoms with Crippen LogP contribution >= 0.6 is 11.6 Å². The quantitative estimate of drug-likeness (QED) is 0.168. The Balaban J connectivity index is 0.000000186. The zero-order valence-electron chi connectivity index (χ0n) is 26.4. The monoisotopic (exact) mass is 692 g/mol. The maximum Gasteiger partial charge on any atom is 0.338 e. The predicted octanol–water partition coefficient (Wildman–Crippen LogP) is 6.73. The van der Waals surface area contributed by atoms with E-state index in [1.54, 1.807) is 66.7 Å². The summed E-state index contributed by atoms with van der Waals surface area (Å²) in [6, 6.07) is 20.1. The maximum atomic E-state index is 13.2. The van der Waals surface area contributed by atoms with Gasteiger partial charge in [-0.25, -0.2) is 39.5 Å². The Labute approximate surface area is 278 Å². The highest BCUT2D eigenvalue weighted by molar-refractivity contribution is 7.90. The number of esters is 1. The summed E-state index contributed by atoms with van der Waals surface area (Å²) in [6.45, 7) is 7.57. The molecule has 0 atom stereocenters. The summed E-state index contributed by atoms with van der Waals surface area (Å²) >= 11 is 6.17. The molecular formula is C34H33ClN4O6S2. The number of methoxy groups -OCH3 is 1. The van der Waals surface area contributed by atoms with E-state index in [0.717, 1.165) is 11.1 Å². The highest BCUT2D eigenvalue weighted by atomic mass is 35.5. The summed E-state index contributed by atoms with van der Waals surface area (Å²) in [5.74, 6) is -0.528. The lowest BCUT2D eigenvalue weighted by molar-refractivity contribution is 0.0603. The number of pyridine rings is 2. The molecule has 0 saturated carbocycles. The van der Waals surface area contributed by atoms with E-state index in [0.29, 0.717) is 51.2 Å². The fourth-order valence-corrected chi connectivity index (χ4v) is 8.48. The fourth-order valence-electron chi connectivity index (χ4n) is 5.17. The Morgan fingerprint density at radius 3 is 1.57 bits per heavy atom. The van der Waals surface area contributed by atoms with E-state index in [9.17, 15) is 21.6 Å². The first kappa shape index (κ1) is 33.8. The second kappa shape index (κ2) is 13.3. The molecule has 0 radical (unpaired) electrons. The van der Waals surface area contributed by atoms with E-state index < -0.39 is 26.0 Å². The molecule has 244 valence electrons. The molecular weight excluding hydrogens is 660 g/mol. The van der Waals surface area contributed by atoms with Crippen LogP contribution in [0.3, 0.4) is 0 Å². The SMILES string of the molecule is CCc1cc2c(C(=O)OC)ccnc2n1S(=O)(=O)c1ccc(C)cc1.CCc1cc2c(Cl)ccnc2n1S(=O)(=O)c1ccc(C)cc1. The van der Waals surface area contributed by atoms with Crippen LogP contribution in [0.5, 0.6) is 0 Å². The van der Waals surface area contributed by atoms with Crippen molar-refractivity contribution < 1.29 is 26.4 Å². The van der Waals surface area contributed by atoms with Crippen LogP contribution in [0.15, 0.2) is 95.0 Å². The number of aromatic nitrogens is 4. The van der Waals surface area contributed by atoms with E-state index in [1.165, 1.54) is 33.5 Å². The molecule has 6 rings (SSSR count). The summed E-state index contributed by atoms with van der Waals surface area (Å²) in [4.78, 5) is 20.8. The molecule has 4 heterocycles. The largest absolute Gasteiger partial charge is 0.465 e. The number of ether oxygens (including phenoxy) is 1. The third-order valence-corrected chi connectivity index (χ3v) is 11.5. The molecule has 0 aliphatic carbocycles. The van der Waals surface area contributed by atoms with Crippen LogP contribution < -0.4 is 0 Å². The van der Waals surface area contributed by atoms with Gasteiger partial charge in [-0.2, -0.15) is 0 Å². The normalized spacial score (nSPS) is 11.8. The predicted molar refractivity (Wildman–Crippen MR) is 182 cm³/mol. The van der Waals surface area contributed by atoms with Crippen LogP contribution in [0.1, 0.15) is 46.7 Å². The van der Waals surface area contributed by atoms with Crippen LogP contribution in [-0.2, 0) is 37.6 Å². The number of carbonyl (C=O) groups is 1. The number of benzene rings is 2. The first-order chi connectivity index (χ1) is 22.3. The van der Waals surface area contributed by atoms with Crippen molar-refractivity contribution in [2.24, 2.45) is 0 Å². The minimum Gasteiger partial charge on any atom is -0.465 e. The number of hydrogen-bond donors (Lipinski definition) is 0. The molecule has 0 fully saturated rings. The summed E-state index contributed by atoms with van der Waals surface area (Å²) in [5.41, 5.74) is 4.08. The summed E-state index contributed by atoms with van der Waals surface area (Å²) < 4.78 is 59.6. The highest BCUT2D eigenvalue weighted by Gasteiger charge is 2.26. The molecule has 0 spiro atoms. The van der Waals surface area contributed by atoms with Crippen molar-refractivity contribution in [3.05, 3.63) is 118 Å². The van der Waals surface area contributed by atoms with Crippen LogP contribution in [0.4, 0.5) is 0 Å². The van der Waals surface area contributed by atoms with Crippen LogP contribution in [0.25, 0.3) is 22.1 Å². The lowest BCUT2D eigenvalue weighted by Crippen LogP contribution is -2.16. The van der Waals surface area contributed by atoms with Gasteiger partial charge in [-0.1, -0.05) is 60.8 Å². The number of aryl methyl sites for hydroxylation is 4. The molecule has 6 aromatic rings. The van der Waals surface area contributed by atoms with E-state index in [-0.39, 0.29) is 15.4 Å². The Bertz CT molecular complexity index is 2330. The van der Waals surface area contributed by atoms with Gasteiger partial charge in [0.2, 0.25) is 0 Å². The molecule has 0 aliphatic rings. The average molecular weight is 693 g/mol. The number of carbonyl (C=O) groups excluding carboxylic acids is 1. The second-order valence-corrected chi connectivity index (χ2v) is 14.7. The molecule has 0 saturated heterocycles. The molecule has 4 aromatic heterocycles. The first-order valence-corrected chi connectivity index (χ1v) is 18.0. The van der Waals surface area contributed by atoms with E-state index >= 15 is 0 Å². The molecule has 10 nitrogen and oxygen atoms in total. The first-order valence-electron chi connectivity index (χ1n) is 14.7. The summed E-state index contributed by atoms with van der Waals surface area (Å²) in [6.07, 6.45) is 3.97. The van der Waals surface area contributed by atoms with E-state index in [2.05, 4.69) is 9.97 Å². The van der Waals surface area contributed by atoms with Crippen molar-refractivity contribution in [1.82, 2.24) is 17.9 Å². The van der Waals surface area contributed by atoms with E-state index in [4.69, 9.17) is 16.3 Å². The minimum atomic E-state index is -3.83. The zero-order valence-corrected chi connectivity index (χ0v) is 28.8. The van der Waals surface area contributed by atoms with Gasteiger partial charge in [0, 0.05) is 34.6 Å². The maximum absolute atomic E-state index is 13.2. The lowest BCUT2D eigenvalue weighted by atomic mass is 10.2. The van der Waals surface area contributed by atoms with Crippen LogP contribution in [-0.4, -0.2) is 47.8 Å². The van der Waals surface area contributed by atoms with Crippen molar-refractivity contribution in [2.75, 3.05) is 7.11 Å². The molecule has 13 heteroatoms. The van der Waals surface area contributed by atoms with Crippen molar-refractivity contribution in [3.8, 4) is 0 Å². The fraction of sp³-hybridized carbons (Fsp3) is 0.206.